The summed E-state index contributed by atoms with van der Waals surface area (Å²) in [6.45, 7) is 0.633. The summed E-state index contributed by atoms with van der Waals surface area (Å²) in [5, 5.41) is 3.91. The number of ether oxygens (including phenoxy) is 1. The molecule has 26 heavy (non-hydrogen) atoms. The van der Waals surface area contributed by atoms with Crippen LogP contribution < -0.4 is 0 Å². The Morgan fingerprint density at radius 1 is 1.08 bits per heavy atom. The van der Waals surface area contributed by atoms with Crippen LogP contribution in [0.1, 0.15) is 12.0 Å². The van der Waals surface area contributed by atoms with E-state index < -0.39 is 16.1 Å². The lowest BCUT2D eigenvalue weighted by Crippen LogP contribution is -2.42. The third-order valence-corrected chi connectivity index (χ3v) is 5.90. The molecule has 0 amide bonds. The van der Waals surface area contributed by atoms with Crippen molar-refractivity contribution in [3.05, 3.63) is 60.6 Å². The molecule has 1 aliphatic heterocycles. The highest BCUT2D eigenvalue weighted by atomic mass is 32.2. The molecular formula is C17H16N4O4S. The van der Waals surface area contributed by atoms with Crippen molar-refractivity contribution in [1.29, 1.82) is 0 Å². The number of aromatic nitrogens is 3. The molecule has 9 heteroatoms. The molecule has 0 aliphatic carbocycles. The number of nitrogens with zero attached hydrogens (tertiary/aromatic N) is 4. The smallest absolute Gasteiger partial charge is 0.257 e. The molecule has 8 nitrogen and oxygen atoms in total. The van der Waals surface area contributed by atoms with Crippen LogP contribution in [0.5, 0.6) is 0 Å². The molecule has 1 fully saturated rings. The molecule has 0 unspecified atom stereocenters. The average molecular weight is 372 g/mol. The molecule has 4 rings (SSSR count). The molecule has 1 atom stereocenters. The molecule has 3 aromatic rings. The summed E-state index contributed by atoms with van der Waals surface area (Å²) in [4.78, 5) is 8.73. The van der Waals surface area contributed by atoms with Crippen LogP contribution in [-0.4, -0.2) is 47.5 Å². The maximum absolute atomic E-state index is 12.8. The zero-order valence-corrected chi connectivity index (χ0v) is 14.5. The first-order valence-electron chi connectivity index (χ1n) is 8.06. The van der Waals surface area contributed by atoms with Crippen LogP contribution in [0.3, 0.4) is 0 Å². The Balaban J connectivity index is 1.55. The van der Waals surface area contributed by atoms with Gasteiger partial charge in [-0.25, -0.2) is 8.42 Å². The molecule has 134 valence electrons. The van der Waals surface area contributed by atoms with Crippen LogP contribution in [0.25, 0.3) is 11.5 Å². The topological polar surface area (TPSA) is 98.4 Å². The second-order valence-electron chi connectivity index (χ2n) is 5.71. The number of rotatable bonds is 4. The first-order valence-corrected chi connectivity index (χ1v) is 9.50. The van der Waals surface area contributed by atoms with E-state index in [1.165, 1.54) is 4.31 Å². The summed E-state index contributed by atoms with van der Waals surface area (Å²) in [5.41, 5.74) is 0.576. The van der Waals surface area contributed by atoms with Gasteiger partial charge in [-0.1, -0.05) is 29.4 Å². The number of hydrogen-bond acceptors (Lipinski definition) is 7. The fraction of sp³-hybridized carbons (Fsp3) is 0.235. The van der Waals surface area contributed by atoms with E-state index in [1.54, 1.807) is 48.7 Å². The van der Waals surface area contributed by atoms with Crippen LogP contribution >= 0.6 is 0 Å². The van der Waals surface area contributed by atoms with Crippen molar-refractivity contribution in [3.8, 4) is 11.5 Å². The van der Waals surface area contributed by atoms with Gasteiger partial charge in [0, 0.05) is 19.3 Å². The lowest BCUT2D eigenvalue weighted by Gasteiger charge is -2.30. The van der Waals surface area contributed by atoms with Crippen molar-refractivity contribution in [2.75, 3.05) is 19.7 Å². The van der Waals surface area contributed by atoms with Gasteiger partial charge in [0.05, 0.1) is 11.5 Å². The molecule has 0 bridgehead atoms. The molecule has 1 aromatic carbocycles. The predicted octanol–water partition coefficient (Wildman–Crippen LogP) is 1.89. The lowest BCUT2D eigenvalue weighted by molar-refractivity contribution is -0.0199. The number of hydrogen-bond donors (Lipinski definition) is 0. The first kappa shape index (κ1) is 16.8. The van der Waals surface area contributed by atoms with Gasteiger partial charge in [-0.2, -0.15) is 9.29 Å². The van der Waals surface area contributed by atoms with Crippen molar-refractivity contribution >= 4 is 10.0 Å². The van der Waals surface area contributed by atoms with E-state index in [1.807, 2.05) is 6.07 Å². The predicted molar refractivity (Wildman–Crippen MR) is 91.4 cm³/mol. The fourth-order valence-corrected chi connectivity index (χ4v) is 4.15. The van der Waals surface area contributed by atoms with Gasteiger partial charge in [0.25, 0.3) is 5.89 Å². The normalized spacial score (nSPS) is 18.7. The van der Waals surface area contributed by atoms with Crippen LogP contribution in [0, 0.1) is 0 Å². The summed E-state index contributed by atoms with van der Waals surface area (Å²) < 4.78 is 37.9. The van der Waals surface area contributed by atoms with Crippen LogP contribution in [0.15, 0.2) is 64.1 Å². The Morgan fingerprint density at radius 3 is 2.65 bits per heavy atom. The lowest BCUT2D eigenvalue weighted by atomic mass is 10.3. The van der Waals surface area contributed by atoms with Gasteiger partial charge < -0.3 is 9.26 Å². The molecule has 3 heterocycles. The second kappa shape index (κ2) is 6.94. The number of benzene rings is 1. The molecule has 0 saturated carbocycles. The highest BCUT2D eigenvalue weighted by Gasteiger charge is 2.34. The zero-order valence-electron chi connectivity index (χ0n) is 13.7. The third kappa shape index (κ3) is 3.24. The van der Waals surface area contributed by atoms with Crippen molar-refractivity contribution in [2.45, 2.75) is 11.0 Å². The molecular weight excluding hydrogens is 356 g/mol. The minimum Gasteiger partial charge on any atom is -0.366 e. The van der Waals surface area contributed by atoms with Crippen molar-refractivity contribution in [2.24, 2.45) is 0 Å². The van der Waals surface area contributed by atoms with Gasteiger partial charge in [-0.15, -0.1) is 0 Å². The Kier molecular flexibility index (Phi) is 4.49. The van der Waals surface area contributed by atoms with Gasteiger partial charge in [-0.05, 0) is 24.3 Å². The number of sulfonamides is 1. The van der Waals surface area contributed by atoms with Crippen molar-refractivity contribution < 1.29 is 17.7 Å². The average Bonchev–Trinajstić information content (AvgIpc) is 3.20. The molecule has 0 N–H and O–H groups in total. The Labute approximate surface area is 150 Å². The Hall–Kier alpha value is -2.62. The van der Waals surface area contributed by atoms with Gasteiger partial charge in [-0.3, -0.25) is 4.98 Å². The van der Waals surface area contributed by atoms with E-state index in [0.717, 1.165) is 0 Å². The summed E-state index contributed by atoms with van der Waals surface area (Å²) in [7, 11) is -3.60. The van der Waals surface area contributed by atoms with E-state index >= 15 is 0 Å². The fourth-order valence-electron chi connectivity index (χ4n) is 2.70. The van der Waals surface area contributed by atoms with E-state index in [0.29, 0.717) is 11.5 Å². The summed E-state index contributed by atoms with van der Waals surface area (Å²) in [6.07, 6.45) is 1.02. The Morgan fingerprint density at radius 2 is 1.88 bits per heavy atom. The van der Waals surface area contributed by atoms with Gasteiger partial charge >= 0.3 is 0 Å². The maximum Gasteiger partial charge on any atom is 0.257 e. The second-order valence-corrected chi connectivity index (χ2v) is 7.64. The Bertz CT molecular complexity index is 976. The largest absolute Gasteiger partial charge is 0.366 e. The third-order valence-electron chi connectivity index (χ3n) is 4.02. The number of morpholine rings is 1. The highest BCUT2D eigenvalue weighted by Crippen LogP contribution is 2.26. The quantitative estimate of drug-likeness (QED) is 0.690. The minimum atomic E-state index is -3.60. The van der Waals surface area contributed by atoms with Crippen LogP contribution in [0.4, 0.5) is 0 Å². The summed E-state index contributed by atoms with van der Waals surface area (Å²) in [6, 6.07) is 13.7. The SMILES string of the molecule is O=S(=O)(c1ccccc1)N1CCO[C@H](c2nc(-c3ccccn3)no2)C1. The zero-order chi connectivity index (χ0) is 18.0. The molecule has 1 saturated heterocycles. The molecule has 0 radical (unpaired) electrons. The molecule has 2 aromatic heterocycles. The standard InChI is InChI=1S/C17H16N4O4S/c22-26(23,13-6-2-1-3-7-13)21-10-11-24-15(12-21)17-19-16(20-25-17)14-8-4-5-9-18-14/h1-9,15H,10-12H2/t15-/m0/s1. The van der Waals surface area contributed by atoms with Crippen LogP contribution in [0.2, 0.25) is 0 Å². The minimum absolute atomic E-state index is 0.112. The summed E-state index contributed by atoms with van der Waals surface area (Å²) in [5.74, 6) is 0.575. The monoisotopic (exact) mass is 372 g/mol. The van der Waals surface area contributed by atoms with E-state index in [-0.39, 0.29) is 30.5 Å². The van der Waals surface area contributed by atoms with Crippen LogP contribution in [-0.2, 0) is 14.8 Å². The highest BCUT2D eigenvalue weighted by molar-refractivity contribution is 7.89. The van der Waals surface area contributed by atoms with E-state index in [4.69, 9.17) is 9.26 Å². The maximum atomic E-state index is 12.8. The first-order chi connectivity index (χ1) is 12.6. The van der Waals surface area contributed by atoms with E-state index in [9.17, 15) is 8.42 Å². The number of pyridine rings is 1. The van der Waals surface area contributed by atoms with Gasteiger partial charge in [0.15, 0.2) is 6.10 Å². The van der Waals surface area contributed by atoms with Gasteiger partial charge in [0.1, 0.15) is 5.69 Å². The van der Waals surface area contributed by atoms with E-state index in [2.05, 4.69) is 15.1 Å². The van der Waals surface area contributed by atoms with Gasteiger partial charge in [0.2, 0.25) is 15.8 Å². The molecule has 1 aliphatic rings. The molecule has 0 spiro atoms. The van der Waals surface area contributed by atoms with Crippen molar-refractivity contribution in [3.63, 3.8) is 0 Å². The van der Waals surface area contributed by atoms with Crippen molar-refractivity contribution in [1.82, 2.24) is 19.4 Å². The summed E-state index contributed by atoms with van der Waals surface area (Å²) >= 11 is 0.